The van der Waals surface area contributed by atoms with E-state index in [1.165, 1.54) is 0 Å². The maximum atomic E-state index is 6.19. The molecule has 0 amide bonds. The fourth-order valence-electron chi connectivity index (χ4n) is 2.47. The summed E-state index contributed by atoms with van der Waals surface area (Å²) in [7, 11) is 0. The highest BCUT2D eigenvalue weighted by atomic mass is 35.5. The lowest BCUT2D eigenvalue weighted by molar-refractivity contribution is 0.302. The Morgan fingerprint density at radius 1 is 1.20 bits per heavy atom. The Hall–Kier alpha value is -1.03. The number of halogens is 1. The molecule has 0 fully saturated rings. The van der Waals surface area contributed by atoms with E-state index >= 15 is 0 Å². The van der Waals surface area contributed by atoms with Gasteiger partial charge in [-0.05, 0) is 32.1 Å². The Balaban J connectivity index is 2.84. The molecule has 4 nitrogen and oxygen atoms in total. The first kappa shape index (κ1) is 17.0. The van der Waals surface area contributed by atoms with E-state index in [9.17, 15) is 0 Å². The summed E-state index contributed by atoms with van der Waals surface area (Å²) in [6.07, 6.45) is 3.68. The van der Waals surface area contributed by atoms with Crippen molar-refractivity contribution in [3.05, 3.63) is 11.2 Å². The molecule has 5 heteroatoms. The van der Waals surface area contributed by atoms with Crippen LogP contribution in [0.25, 0.3) is 0 Å². The van der Waals surface area contributed by atoms with E-state index in [1.54, 1.807) is 6.20 Å². The van der Waals surface area contributed by atoms with Crippen LogP contribution in [0.4, 0.5) is 11.8 Å². The zero-order valence-corrected chi connectivity index (χ0v) is 14.2. The normalized spacial score (nSPS) is 12.3. The van der Waals surface area contributed by atoms with Crippen molar-refractivity contribution in [1.82, 2.24) is 9.97 Å². The summed E-state index contributed by atoms with van der Waals surface area (Å²) >= 11 is 6.19. The molecular weight excluding hydrogens is 272 g/mol. The van der Waals surface area contributed by atoms with Crippen LogP contribution in [0.5, 0.6) is 0 Å². The zero-order valence-electron chi connectivity index (χ0n) is 13.5. The molecule has 114 valence electrons. The fraction of sp³-hybridized carbons (Fsp3) is 0.733. The third-order valence-corrected chi connectivity index (χ3v) is 2.98. The van der Waals surface area contributed by atoms with E-state index in [2.05, 4.69) is 62.1 Å². The highest BCUT2D eigenvalue weighted by Gasteiger charge is 2.26. The van der Waals surface area contributed by atoms with Crippen LogP contribution in [-0.2, 0) is 0 Å². The molecule has 1 aromatic heterocycles. The highest BCUT2D eigenvalue weighted by molar-refractivity contribution is 6.32. The van der Waals surface area contributed by atoms with Crippen LogP contribution in [-0.4, -0.2) is 22.1 Å². The smallest absolute Gasteiger partial charge is 0.224 e. The van der Waals surface area contributed by atoms with Gasteiger partial charge in [0.25, 0.3) is 0 Å². The second kappa shape index (κ2) is 6.61. The van der Waals surface area contributed by atoms with Crippen molar-refractivity contribution in [3.63, 3.8) is 0 Å². The monoisotopic (exact) mass is 298 g/mol. The largest absolute Gasteiger partial charge is 0.364 e. The van der Waals surface area contributed by atoms with Crippen molar-refractivity contribution < 1.29 is 0 Å². The van der Waals surface area contributed by atoms with E-state index in [-0.39, 0.29) is 11.0 Å². The maximum Gasteiger partial charge on any atom is 0.224 e. The molecule has 0 aliphatic heterocycles. The summed E-state index contributed by atoms with van der Waals surface area (Å²) in [5.41, 5.74) is 0.150. The minimum atomic E-state index is -0.0850. The Kier molecular flexibility index (Phi) is 5.63. The quantitative estimate of drug-likeness (QED) is 0.807. The minimum absolute atomic E-state index is 0.0850. The first-order valence-electron chi connectivity index (χ1n) is 7.17. The predicted octanol–water partition coefficient (Wildman–Crippen LogP) is 4.58. The van der Waals surface area contributed by atoms with E-state index in [4.69, 9.17) is 11.6 Å². The summed E-state index contributed by atoms with van der Waals surface area (Å²) in [5.74, 6) is 1.31. The number of hydrogen-bond donors (Lipinski definition) is 2. The molecule has 2 N–H and O–H groups in total. The fourth-order valence-corrected chi connectivity index (χ4v) is 2.61. The van der Waals surface area contributed by atoms with Crippen molar-refractivity contribution in [3.8, 4) is 0 Å². The number of aromatic nitrogens is 2. The maximum absolute atomic E-state index is 6.19. The SMILES string of the molecule is CCCNc1ncc(Cl)c(NC(C)(C)CC(C)(C)C)n1. The molecule has 0 aromatic carbocycles. The van der Waals surface area contributed by atoms with Crippen molar-refractivity contribution >= 4 is 23.4 Å². The average molecular weight is 299 g/mol. The van der Waals surface area contributed by atoms with Crippen LogP contribution < -0.4 is 10.6 Å². The Bertz CT molecular complexity index is 438. The van der Waals surface area contributed by atoms with Gasteiger partial charge in [-0.3, -0.25) is 0 Å². The number of rotatable bonds is 6. The van der Waals surface area contributed by atoms with E-state index in [0.29, 0.717) is 16.8 Å². The summed E-state index contributed by atoms with van der Waals surface area (Å²) in [4.78, 5) is 8.65. The molecule has 1 heterocycles. The van der Waals surface area contributed by atoms with Crippen LogP contribution in [0, 0.1) is 5.41 Å². The molecule has 20 heavy (non-hydrogen) atoms. The number of anilines is 2. The number of nitrogens with one attached hydrogen (secondary N) is 2. The van der Waals surface area contributed by atoms with Crippen LogP contribution in [0.1, 0.15) is 54.4 Å². The molecule has 0 saturated heterocycles. The molecule has 0 radical (unpaired) electrons. The van der Waals surface area contributed by atoms with Gasteiger partial charge in [0.15, 0.2) is 5.82 Å². The van der Waals surface area contributed by atoms with Gasteiger partial charge in [-0.2, -0.15) is 4.98 Å². The van der Waals surface area contributed by atoms with E-state index in [0.717, 1.165) is 19.4 Å². The predicted molar refractivity (Wildman–Crippen MR) is 87.6 cm³/mol. The lowest BCUT2D eigenvalue weighted by Crippen LogP contribution is -2.36. The third-order valence-electron chi connectivity index (χ3n) is 2.71. The molecule has 0 atom stereocenters. The van der Waals surface area contributed by atoms with Crippen LogP contribution >= 0.6 is 11.6 Å². The first-order valence-corrected chi connectivity index (χ1v) is 7.55. The minimum Gasteiger partial charge on any atom is -0.364 e. The number of nitrogens with zero attached hydrogens (tertiary/aromatic N) is 2. The summed E-state index contributed by atoms with van der Waals surface area (Å²) in [5, 5.41) is 7.16. The Morgan fingerprint density at radius 3 is 2.40 bits per heavy atom. The van der Waals surface area contributed by atoms with Gasteiger partial charge in [-0.25, -0.2) is 4.98 Å². The summed E-state index contributed by atoms with van der Waals surface area (Å²) in [6, 6.07) is 0. The molecular formula is C15H27ClN4. The van der Waals surface area contributed by atoms with Gasteiger partial charge in [-0.15, -0.1) is 0 Å². The molecule has 1 aromatic rings. The van der Waals surface area contributed by atoms with E-state index in [1.807, 2.05) is 0 Å². The molecule has 0 saturated carbocycles. The van der Waals surface area contributed by atoms with Gasteiger partial charge in [0.05, 0.1) is 6.20 Å². The van der Waals surface area contributed by atoms with Crippen molar-refractivity contribution in [2.75, 3.05) is 17.2 Å². The van der Waals surface area contributed by atoms with Crippen molar-refractivity contribution in [1.29, 1.82) is 0 Å². The second-order valence-corrected chi connectivity index (χ2v) is 7.47. The standard InChI is InChI=1S/C15H27ClN4/c1-7-8-17-13-18-9-11(16)12(19-13)20-15(5,6)10-14(2,3)4/h9H,7-8,10H2,1-6H3,(H2,17,18,19,20). The second-order valence-electron chi connectivity index (χ2n) is 7.06. The Labute approximate surface area is 127 Å². The zero-order chi connectivity index (χ0) is 15.4. The first-order chi connectivity index (χ1) is 9.13. The van der Waals surface area contributed by atoms with Gasteiger partial charge >= 0.3 is 0 Å². The molecule has 0 bridgehead atoms. The van der Waals surface area contributed by atoms with Crippen molar-refractivity contribution in [2.45, 2.75) is 59.9 Å². The molecule has 1 rings (SSSR count). The van der Waals surface area contributed by atoms with Gasteiger partial charge < -0.3 is 10.6 Å². The van der Waals surface area contributed by atoms with Gasteiger partial charge in [-0.1, -0.05) is 39.3 Å². The molecule has 0 aliphatic rings. The summed E-state index contributed by atoms with van der Waals surface area (Å²) in [6.45, 7) is 14.0. The van der Waals surface area contributed by atoms with Crippen molar-refractivity contribution in [2.24, 2.45) is 5.41 Å². The highest BCUT2D eigenvalue weighted by Crippen LogP contribution is 2.31. The topological polar surface area (TPSA) is 49.8 Å². The van der Waals surface area contributed by atoms with Crippen LogP contribution in [0.15, 0.2) is 6.20 Å². The van der Waals surface area contributed by atoms with Crippen LogP contribution in [0.2, 0.25) is 5.02 Å². The molecule has 0 spiro atoms. The average Bonchev–Trinajstić information content (AvgIpc) is 2.26. The summed E-state index contributed by atoms with van der Waals surface area (Å²) < 4.78 is 0. The number of hydrogen-bond acceptors (Lipinski definition) is 4. The lowest BCUT2D eigenvalue weighted by Gasteiger charge is -2.34. The molecule has 0 aliphatic carbocycles. The van der Waals surface area contributed by atoms with Gasteiger partial charge in [0.2, 0.25) is 5.95 Å². The lowest BCUT2D eigenvalue weighted by atomic mass is 9.82. The van der Waals surface area contributed by atoms with Gasteiger partial charge in [0, 0.05) is 12.1 Å². The Morgan fingerprint density at radius 2 is 1.85 bits per heavy atom. The molecule has 0 unspecified atom stereocenters. The van der Waals surface area contributed by atoms with Crippen LogP contribution in [0.3, 0.4) is 0 Å². The van der Waals surface area contributed by atoms with E-state index < -0.39 is 0 Å². The van der Waals surface area contributed by atoms with Gasteiger partial charge in [0.1, 0.15) is 5.02 Å². The third kappa shape index (κ3) is 5.95.